The number of hydrogen-bond acceptors (Lipinski definition) is 7. The molecule has 4 rings (SSSR count). The number of ether oxygens (including phenoxy) is 2. The molecule has 0 bridgehead atoms. The molecule has 0 unspecified atom stereocenters. The van der Waals surface area contributed by atoms with Gasteiger partial charge in [-0.1, -0.05) is 30.3 Å². The lowest BCUT2D eigenvalue weighted by molar-refractivity contribution is 0.0525. The van der Waals surface area contributed by atoms with Crippen molar-refractivity contribution >= 4 is 29.0 Å². The summed E-state index contributed by atoms with van der Waals surface area (Å²) in [5.74, 6) is 0.254. The van der Waals surface area contributed by atoms with Crippen LogP contribution in [0.2, 0.25) is 0 Å². The van der Waals surface area contributed by atoms with Gasteiger partial charge in [-0.3, -0.25) is 9.20 Å². The highest BCUT2D eigenvalue weighted by Gasteiger charge is 2.19. The van der Waals surface area contributed by atoms with E-state index in [1.54, 1.807) is 55.8 Å². The number of aromatic nitrogens is 3. The number of hydrogen-bond donors (Lipinski definition) is 2. The lowest BCUT2D eigenvalue weighted by atomic mass is 10.1. The summed E-state index contributed by atoms with van der Waals surface area (Å²) < 4.78 is 12.4. The molecule has 0 aliphatic heterocycles. The van der Waals surface area contributed by atoms with Crippen LogP contribution in [0.4, 0.5) is 11.6 Å². The van der Waals surface area contributed by atoms with Gasteiger partial charge in [0.1, 0.15) is 5.75 Å². The van der Waals surface area contributed by atoms with Crippen LogP contribution < -0.4 is 15.4 Å². The Bertz CT molecular complexity index is 1330. The van der Waals surface area contributed by atoms with Crippen LogP contribution >= 0.6 is 0 Å². The van der Waals surface area contributed by atoms with Gasteiger partial charge in [-0.2, -0.15) is 5.10 Å². The van der Waals surface area contributed by atoms with Crippen molar-refractivity contribution in [3.05, 3.63) is 83.2 Å². The second-order valence-electron chi connectivity index (χ2n) is 7.50. The first-order valence-corrected chi connectivity index (χ1v) is 10.8. The zero-order valence-corrected chi connectivity index (χ0v) is 19.2. The Morgan fingerprint density at radius 2 is 1.88 bits per heavy atom. The van der Waals surface area contributed by atoms with E-state index < -0.39 is 5.97 Å². The minimum Gasteiger partial charge on any atom is -0.495 e. The Balaban J connectivity index is 1.63. The van der Waals surface area contributed by atoms with Crippen molar-refractivity contribution in [3.63, 3.8) is 0 Å². The molecular formula is C25H25N5O4. The van der Waals surface area contributed by atoms with Crippen LogP contribution in [-0.2, 0) is 11.3 Å². The van der Waals surface area contributed by atoms with E-state index in [0.717, 1.165) is 5.56 Å². The molecule has 1 amide bonds. The Morgan fingerprint density at radius 3 is 2.62 bits per heavy atom. The normalized spacial score (nSPS) is 10.7. The maximum absolute atomic E-state index is 12.8. The average molecular weight is 460 g/mol. The number of nitrogens with one attached hydrogen (secondary N) is 2. The number of methoxy groups -OCH3 is 1. The van der Waals surface area contributed by atoms with Crippen molar-refractivity contribution in [3.8, 4) is 5.75 Å². The second-order valence-corrected chi connectivity index (χ2v) is 7.50. The fraction of sp³-hybridized carbons (Fsp3) is 0.200. The molecule has 0 aliphatic carbocycles. The molecule has 2 aromatic carbocycles. The number of esters is 1. The first-order chi connectivity index (χ1) is 16.5. The molecule has 4 aromatic rings. The van der Waals surface area contributed by atoms with E-state index in [-0.39, 0.29) is 12.5 Å². The Hall–Kier alpha value is -4.40. The van der Waals surface area contributed by atoms with Gasteiger partial charge < -0.3 is 20.1 Å². The zero-order valence-electron chi connectivity index (χ0n) is 19.2. The molecule has 0 atom stereocenters. The number of fused-ring (bicyclic) bond motifs is 1. The number of rotatable bonds is 8. The smallest absolute Gasteiger partial charge is 0.339 e. The van der Waals surface area contributed by atoms with Gasteiger partial charge in [-0.25, -0.2) is 4.79 Å². The van der Waals surface area contributed by atoms with Crippen LogP contribution in [0.3, 0.4) is 0 Å². The molecule has 0 fully saturated rings. The van der Waals surface area contributed by atoms with Crippen LogP contribution in [0, 0.1) is 6.92 Å². The van der Waals surface area contributed by atoms with E-state index >= 15 is 0 Å². The van der Waals surface area contributed by atoms with Gasteiger partial charge in [0.05, 0.1) is 36.7 Å². The van der Waals surface area contributed by atoms with E-state index in [1.165, 1.54) is 0 Å². The molecule has 2 aromatic heterocycles. The van der Waals surface area contributed by atoms with Gasteiger partial charge in [-0.15, -0.1) is 5.10 Å². The van der Waals surface area contributed by atoms with Gasteiger partial charge in [0.15, 0.2) is 0 Å². The summed E-state index contributed by atoms with van der Waals surface area (Å²) in [6.45, 7) is 4.26. The van der Waals surface area contributed by atoms with Gasteiger partial charge in [-0.05, 0) is 43.7 Å². The van der Waals surface area contributed by atoms with Crippen molar-refractivity contribution in [2.24, 2.45) is 0 Å². The Kier molecular flexibility index (Phi) is 6.72. The van der Waals surface area contributed by atoms with Crippen molar-refractivity contribution in [1.82, 2.24) is 19.9 Å². The zero-order chi connectivity index (χ0) is 24.1. The van der Waals surface area contributed by atoms with E-state index in [1.807, 2.05) is 30.3 Å². The highest BCUT2D eigenvalue weighted by molar-refractivity contribution is 5.96. The van der Waals surface area contributed by atoms with Gasteiger partial charge in [0.2, 0.25) is 5.95 Å². The molecule has 0 saturated heterocycles. The molecule has 0 radical (unpaired) electrons. The number of aryl methyl sites for hydroxylation is 1. The predicted octanol–water partition coefficient (Wildman–Crippen LogP) is 3.90. The number of anilines is 2. The lowest BCUT2D eigenvalue weighted by Crippen LogP contribution is -2.22. The monoisotopic (exact) mass is 459 g/mol. The highest BCUT2D eigenvalue weighted by Crippen LogP contribution is 2.29. The van der Waals surface area contributed by atoms with E-state index in [9.17, 15) is 9.59 Å². The summed E-state index contributed by atoms with van der Waals surface area (Å²) in [5, 5.41) is 14.4. The highest BCUT2D eigenvalue weighted by atomic mass is 16.5. The van der Waals surface area contributed by atoms with Gasteiger partial charge in [0, 0.05) is 17.8 Å². The Labute approximate surface area is 196 Å². The summed E-state index contributed by atoms with van der Waals surface area (Å²) in [5.41, 5.74) is 3.75. The third-order valence-electron chi connectivity index (χ3n) is 5.33. The molecule has 2 N–H and O–H groups in total. The SMILES string of the molecule is CCOC(=O)c1cc2cnnc(Nc3cc(C(=O)NCc4ccccc4)ccc3OC)n2c1C. The van der Waals surface area contributed by atoms with Gasteiger partial charge in [0.25, 0.3) is 5.91 Å². The molecule has 2 heterocycles. The third kappa shape index (κ3) is 4.68. The van der Waals surface area contributed by atoms with Crippen LogP contribution in [0.1, 0.15) is 38.9 Å². The first-order valence-electron chi connectivity index (χ1n) is 10.8. The minimum absolute atomic E-state index is 0.222. The maximum Gasteiger partial charge on any atom is 0.339 e. The van der Waals surface area contributed by atoms with E-state index in [2.05, 4.69) is 20.8 Å². The molecule has 9 heteroatoms. The summed E-state index contributed by atoms with van der Waals surface area (Å²) in [7, 11) is 1.54. The largest absolute Gasteiger partial charge is 0.495 e. The fourth-order valence-electron chi connectivity index (χ4n) is 3.64. The van der Waals surface area contributed by atoms with Crippen molar-refractivity contribution in [1.29, 1.82) is 0 Å². The average Bonchev–Trinajstić information content (AvgIpc) is 3.20. The minimum atomic E-state index is -0.413. The van der Waals surface area contributed by atoms with Crippen LogP contribution in [0.5, 0.6) is 5.75 Å². The molecule has 0 aliphatic rings. The first kappa shape index (κ1) is 22.8. The second kappa shape index (κ2) is 10.0. The molecule has 174 valence electrons. The summed E-state index contributed by atoms with van der Waals surface area (Å²) >= 11 is 0. The number of benzene rings is 2. The fourth-order valence-corrected chi connectivity index (χ4v) is 3.64. The molecule has 0 spiro atoms. The molecule has 0 saturated carbocycles. The number of amides is 1. The molecular weight excluding hydrogens is 434 g/mol. The van der Waals surface area contributed by atoms with E-state index in [4.69, 9.17) is 9.47 Å². The number of carbonyl (C=O) groups excluding carboxylic acids is 2. The van der Waals surface area contributed by atoms with Crippen molar-refractivity contribution in [2.75, 3.05) is 19.0 Å². The number of nitrogens with zero attached hydrogens (tertiary/aromatic N) is 3. The van der Waals surface area contributed by atoms with Crippen molar-refractivity contribution in [2.45, 2.75) is 20.4 Å². The van der Waals surface area contributed by atoms with Crippen molar-refractivity contribution < 1.29 is 19.1 Å². The predicted molar refractivity (Wildman–Crippen MR) is 128 cm³/mol. The molecule has 34 heavy (non-hydrogen) atoms. The van der Waals surface area contributed by atoms with Crippen LogP contribution in [-0.4, -0.2) is 40.2 Å². The lowest BCUT2D eigenvalue weighted by Gasteiger charge is -2.14. The number of carbonyl (C=O) groups is 2. The summed E-state index contributed by atoms with van der Waals surface area (Å²) in [6, 6.07) is 16.5. The Morgan fingerprint density at radius 1 is 1.09 bits per heavy atom. The summed E-state index contributed by atoms with van der Waals surface area (Å²) in [4.78, 5) is 25.1. The third-order valence-corrected chi connectivity index (χ3v) is 5.33. The maximum atomic E-state index is 12.8. The van der Waals surface area contributed by atoms with Crippen LogP contribution in [0.25, 0.3) is 5.52 Å². The molecule has 9 nitrogen and oxygen atoms in total. The van der Waals surface area contributed by atoms with Gasteiger partial charge >= 0.3 is 5.97 Å². The quantitative estimate of drug-likeness (QED) is 0.385. The summed E-state index contributed by atoms with van der Waals surface area (Å²) in [6.07, 6.45) is 1.56. The topological polar surface area (TPSA) is 107 Å². The van der Waals surface area contributed by atoms with Crippen LogP contribution in [0.15, 0.2) is 60.8 Å². The van der Waals surface area contributed by atoms with E-state index in [0.29, 0.717) is 46.3 Å². The standard InChI is InChI=1S/C25H25N5O4/c1-4-34-24(32)20-13-19-15-27-29-25(30(19)16(20)2)28-21-12-18(10-11-22(21)33-3)23(31)26-14-17-8-6-5-7-9-17/h5-13,15H,4,14H2,1-3H3,(H,26,31)(H,28,29).